The predicted molar refractivity (Wildman–Crippen MR) is 94.0 cm³/mol. The minimum atomic E-state index is -0.896. The van der Waals surface area contributed by atoms with Gasteiger partial charge >= 0.3 is 0 Å². The van der Waals surface area contributed by atoms with E-state index in [0.29, 0.717) is 29.6 Å². The smallest absolute Gasteiger partial charge is 0.132 e. The molecule has 1 heterocycles. The molecule has 0 aromatic heterocycles. The van der Waals surface area contributed by atoms with Crippen molar-refractivity contribution < 1.29 is 9.47 Å². The van der Waals surface area contributed by atoms with Crippen molar-refractivity contribution in [3.63, 3.8) is 0 Å². The number of nitrogens with two attached hydrogens (primary N) is 1. The molecule has 0 aliphatic carbocycles. The van der Waals surface area contributed by atoms with Crippen LogP contribution in [0.5, 0.6) is 5.75 Å². The van der Waals surface area contributed by atoms with Crippen molar-refractivity contribution in [2.75, 3.05) is 13.2 Å². The number of benzene rings is 1. The van der Waals surface area contributed by atoms with Gasteiger partial charge in [-0.2, -0.15) is 5.26 Å². The van der Waals surface area contributed by atoms with Crippen molar-refractivity contribution >= 4 is 27.5 Å². The molecular formula is C17H18BrClN2O2. The van der Waals surface area contributed by atoms with Gasteiger partial charge in [-0.15, -0.1) is 0 Å². The van der Waals surface area contributed by atoms with Crippen molar-refractivity contribution in [1.29, 1.82) is 5.26 Å². The van der Waals surface area contributed by atoms with Crippen molar-refractivity contribution in [1.82, 2.24) is 0 Å². The summed E-state index contributed by atoms with van der Waals surface area (Å²) < 4.78 is 12.4. The molecule has 0 radical (unpaired) electrons. The Morgan fingerprint density at radius 2 is 2.30 bits per heavy atom. The van der Waals surface area contributed by atoms with Crippen molar-refractivity contribution in [2.45, 2.75) is 25.8 Å². The second-order valence-electron chi connectivity index (χ2n) is 5.38. The molecule has 0 saturated carbocycles. The van der Waals surface area contributed by atoms with Crippen LogP contribution in [0, 0.1) is 11.3 Å². The number of hydrogen-bond acceptors (Lipinski definition) is 4. The molecule has 6 heteroatoms. The Labute approximate surface area is 149 Å². The molecule has 0 amide bonds. The molecular weight excluding hydrogens is 380 g/mol. The largest absolute Gasteiger partial charge is 0.461 e. The molecule has 1 atom stereocenters. The van der Waals surface area contributed by atoms with Crippen LogP contribution in [0.2, 0.25) is 0 Å². The Hall–Kier alpha value is -1.32. The predicted octanol–water partition coefficient (Wildman–Crippen LogP) is 4.34. The fourth-order valence-electron chi connectivity index (χ4n) is 2.55. The molecule has 122 valence electrons. The van der Waals surface area contributed by atoms with Gasteiger partial charge in [0.2, 0.25) is 0 Å². The molecule has 1 unspecified atom stereocenters. The maximum atomic E-state index is 8.65. The lowest BCUT2D eigenvalue weighted by Gasteiger charge is -2.37. The minimum Gasteiger partial charge on any atom is -0.461 e. The maximum absolute atomic E-state index is 8.65. The molecule has 1 aliphatic heterocycles. The van der Waals surface area contributed by atoms with E-state index in [1.807, 2.05) is 25.1 Å². The molecule has 4 nitrogen and oxygen atoms in total. The summed E-state index contributed by atoms with van der Waals surface area (Å²) in [5.41, 5.74) is 7.43. The van der Waals surface area contributed by atoms with Crippen LogP contribution in [0.4, 0.5) is 0 Å². The van der Waals surface area contributed by atoms with Gasteiger partial charge < -0.3 is 15.2 Å². The molecule has 1 aliphatic rings. The van der Waals surface area contributed by atoms with Crippen LogP contribution in [0.15, 0.2) is 45.1 Å². The molecule has 2 rings (SSSR count). The van der Waals surface area contributed by atoms with Crippen LogP contribution in [0.3, 0.4) is 0 Å². The third-order valence-electron chi connectivity index (χ3n) is 3.58. The zero-order valence-corrected chi connectivity index (χ0v) is 15.4. The highest BCUT2D eigenvalue weighted by molar-refractivity contribution is 9.10. The van der Waals surface area contributed by atoms with E-state index in [0.717, 1.165) is 15.6 Å². The number of ether oxygens (including phenoxy) is 2. The van der Waals surface area contributed by atoms with Crippen LogP contribution in [0.1, 0.15) is 25.8 Å². The van der Waals surface area contributed by atoms with Gasteiger partial charge in [0.05, 0.1) is 31.2 Å². The van der Waals surface area contributed by atoms with Gasteiger partial charge in [-0.1, -0.05) is 27.5 Å². The second kappa shape index (κ2) is 7.50. The SMILES string of the molecule is CC1=C(/C=C(\C)Cl)C(N)(COCCC#N)c2cc(Br)ccc2O1. The van der Waals surface area contributed by atoms with Gasteiger partial charge in [0.15, 0.2) is 0 Å². The van der Waals surface area contributed by atoms with E-state index in [-0.39, 0.29) is 6.61 Å². The molecule has 23 heavy (non-hydrogen) atoms. The van der Waals surface area contributed by atoms with Gasteiger partial charge in [0.25, 0.3) is 0 Å². The lowest BCUT2D eigenvalue weighted by atomic mass is 9.81. The summed E-state index contributed by atoms with van der Waals surface area (Å²) >= 11 is 9.54. The van der Waals surface area contributed by atoms with E-state index in [9.17, 15) is 0 Å². The molecule has 0 spiro atoms. The standard InChI is InChI=1S/C17H18BrClN2O2/c1-11(19)8-14-12(2)23-16-5-4-13(18)9-15(16)17(14,21)10-22-7-3-6-20/h4-5,8-9H,3,7,10,21H2,1-2H3/b11-8+. The number of nitriles is 1. The lowest BCUT2D eigenvalue weighted by molar-refractivity contribution is 0.0968. The first kappa shape index (κ1) is 18.0. The monoisotopic (exact) mass is 396 g/mol. The van der Waals surface area contributed by atoms with Gasteiger partial charge in [0, 0.05) is 20.6 Å². The summed E-state index contributed by atoms with van der Waals surface area (Å²) in [6.45, 7) is 4.20. The number of allylic oxidation sites excluding steroid dienone is 2. The summed E-state index contributed by atoms with van der Waals surface area (Å²) in [5.74, 6) is 1.38. The Morgan fingerprint density at radius 3 is 2.96 bits per heavy atom. The van der Waals surface area contributed by atoms with Crippen molar-refractivity contribution in [2.24, 2.45) is 5.73 Å². The molecule has 2 N–H and O–H groups in total. The molecule has 1 aromatic carbocycles. The maximum Gasteiger partial charge on any atom is 0.132 e. The van der Waals surface area contributed by atoms with Crippen molar-refractivity contribution in [3.05, 3.63) is 50.7 Å². The fraction of sp³-hybridized carbons (Fsp3) is 0.353. The first-order valence-electron chi connectivity index (χ1n) is 7.15. The Balaban J connectivity index is 2.48. The number of nitrogens with zero attached hydrogens (tertiary/aromatic N) is 1. The highest BCUT2D eigenvalue weighted by atomic mass is 79.9. The average molecular weight is 398 g/mol. The number of halogens is 2. The highest BCUT2D eigenvalue weighted by Crippen LogP contribution is 2.43. The van der Waals surface area contributed by atoms with Gasteiger partial charge in [-0.3, -0.25) is 0 Å². The van der Waals surface area contributed by atoms with Crippen LogP contribution in [-0.4, -0.2) is 13.2 Å². The van der Waals surface area contributed by atoms with Crippen molar-refractivity contribution in [3.8, 4) is 11.8 Å². The third kappa shape index (κ3) is 3.96. The summed E-state index contributed by atoms with van der Waals surface area (Å²) in [5, 5.41) is 9.26. The van der Waals surface area contributed by atoms with E-state index in [1.165, 1.54) is 0 Å². The fourth-order valence-corrected chi connectivity index (χ4v) is 3.02. The van der Waals surface area contributed by atoms with Gasteiger partial charge in [0.1, 0.15) is 11.5 Å². The minimum absolute atomic E-state index is 0.231. The van der Waals surface area contributed by atoms with E-state index in [4.69, 9.17) is 32.1 Å². The summed E-state index contributed by atoms with van der Waals surface area (Å²) in [7, 11) is 0. The molecule has 0 fully saturated rings. The number of rotatable bonds is 5. The third-order valence-corrected chi connectivity index (χ3v) is 4.18. The van der Waals surface area contributed by atoms with Crippen LogP contribution < -0.4 is 10.5 Å². The van der Waals surface area contributed by atoms with E-state index in [1.54, 1.807) is 13.0 Å². The first-order valence-corrected chi connectivity index (χ1v) is 8.32. The van der Waals surface area contributed by atoms with Gasteiger partial charge in [-0.05, 0) is 38.1 Å². The van der Waals surface area contributed by atoms with E-state index >= 15 is 0 Å². The van der Waals surface area contributed by atoms with E-state index in [2.05, 4.69) is 22.0 Å². The first-order chi connectivity index (χ1) is 10.9. The van der Waals surface area contributed by atoms with Gasteiger partial charge in [-0.25, -0.2) is 0 Å². The average Bonchev–Trinajstić information content (AvgIpc) is 2.49. The van der Waals surface area contributed by atoms with Crippen LogP contribution in [-0.2, 0) is 10.3 Å². The summed E-state index contributed by atoms with van der Waals surface area (Å²) in [4.78, 5) is 0. The lowest BCUT2D eigenvalue weighted by Crippen LogP contribution is -2.46. The number of hydrogen-bond donors (Lipinski definition) is 1. The second-order valence-corrected chi connectivity index (χ2v) is 6.89. The van der Waals surface area contributed by atoms with Crippen LogP contribution in [0.25, 0.3) is 0 Å². The molecule has 0 bridgehead atoms. The van der Waals surface area contributed by atoms with Crippen LogP contribution >= 0.6 is 27.5 Å². The molecule has 1 aromatic rings. The highest BCUT2D eigenvalue weighted by Gasteiger charge is 2.39. The Morgan fingerprint density at radius 1 is 1.57 bits per heavy atom. The Kier molecular flexibility index (Phi) is 5.88. The summed E-state index contributed by atoms with van der Waals surface area (Å²) in [6, 6.07) is 7.75. The quantitative estimate of drug-likeness (QED) is 0.750. The normalized spacial score (nSPS) is 20.8. The van der Waals surface area contributed by atoms with E-state index < -0.39 is 5.54 Å². The zero-order valence-electron chi connectivity index (χ0n) is 13.0. The molecule has 0 saturated heterocycles. The Bertz CT molecular complexity index is 705. The topological polar surface area (TPSA) is 68.3 Å². The number of fused-ring (bicyclic) bond motifs is 1. The zero-order chi connectivity index (χ0) is 17.0. The summed E-state index contributed by atoms with van der Waals surface area (Å²) in [6.07, 6.45) is 2.12.